The van der Waals surface area contributed by atoms with Crippen LogP contribution in [0.4, 0.5) is 0 Å². The second-order valence-electron chi connectivity index (χ2n) is 4.91. The number of hydrogen-bond acceptors (Lipinski definition) is 5. The summed E-state index contributed by atoms with van der Waals surface area (Å²) < 4.78 is 7.54. The van der Waals surface area contributed by atoms with Gasteiger partial charge in [0.05, 0.1) is 5.75 Å². The molecule has 0 saturated heterocycles. The number of para-hydroxylation sites is 1. The van der Waals surface area contributed by atoms with Crippen LogP contribution in [0.5, 0.6) is 5.75 Å². The third-order valence-corrected chi connectivity index (χ3v) is 4.48. The largest absolute Gasteiger partial charge is 0.486 e. The Morgan fingerprint density at radius 1 is 1.22 bits per heavy atom. The van der Waals surface area contributed by atoms with Crippen LogP contribution in [-0.2, 0) is 18.4 Å². The Kier molecular flexibility index (Phi) is 6.46. The molecule has 1 aromatic carbocycles. The Labute approximate surface area is 140 Å². The van der Waals surface area contributed by atoms with Gasteiger partial charge in [0.1, 0.15) is 12.4 Å². The molecule has 1 aromatic heterocycles. The minimum Gasteiger partial charge on any atom is -0.486 e. The average molecular weight is 334 g/mol. The van der Waals surface area contributed by atoms with Crippen LogP contribution >= 0.6 is 11.8 Å². The number of hydrogen-bond donors (Lipinski definition) is 0. The van der Waals surface area contributed by atoms with Crippen LogP contribution in [0, 0.1) is 0 Å². The summed E-state index contributed by atoms with van der Waals surface area (Å²) in [4.78, 5) is 13.8. The zero-order chi connectivity index (χ0) is 16.7. The van der Waals surface area contributed by atoms with Crippen LogP contribution in [0.2, 0.25) is 0 Å². The standard InChI is InChI=1S/C16H22N4O2S/c1-4-20(5-2)15(21)12-23-16-18-17-14(19(16)3)11-22-13-9-7-6-8-10-13/h6-10H,4-5,11-12H2,1-3H3. The van der Waals surface area contributed by atoms with Crippen molar-refractivity contribution in [3.05, 3.63) is 36.2 Å². The number of benzene rings is 1. The van der Waals surface area contributed by atoms with E-state index in [9.17, 15) is 4.79 Å². The first kappa shape index (κ1) is 17.3. The predicted molar refractivity (Wildman–Crippen MR) is 90.4 cm³/mol. The molecular weight excluding hydrogens is 312 g/mol. The van der Waals surface area contributed by atoms with Crippen molar-refractivity contribution in [3.8, 4) is 5.75 Å². The van der Waals surface area contributed by atoms with E-state index in [0.29, 0.717) is 12.4 Å². The molecule has 0 fully saturated rings. The summed E-state index contributed by atoms with van der Waals surface area (Å²) in [6, 6.07) is 9.58. The molecule has 2 rings (SSSR count). The van der Waals surface area contributed by atoms with E-state index >= 15 is 0 Å². The minimum atomic E-state index is 0.116. The summed E-state index contributed by atoms with van der Waals surface area (Å²) in [6.07, 6.45) is 0. The van der Waals surface area contributed by atoms with Crippen molar-refractivity contribution < 1.29 is 9.53 Å². The zero-order valence-electron chi connectivity index (χ0n) is 13.7. The maximum absolute atomic E-state index is 12.0. The van der Waals surface area contributed by atoms with E-state index < -0.39 is 0 Å². The fourth-order valence-electron chi connectivity index (χ4n) is 2.05. The highest BCUT2D eigenvalue weighted by atomic mass is 32.2. The quantitative estimate of drug-likeness (QED) is 0.694. The molecule has 0 aliphatic rings. The fraction of sp³-hybridized carbons (Fsp3) is 0.438. The molecule has 7 heteroatoms. The van der Waals surface area contributed by atoms with E-state index in [1.165, 1.54) is 11.8 Å². The molecule has 0 unspecified atom stereocenters. The number of carbonyl (C=O) groups excluding carboxylic acids is 1. The molecule has 6 nitrogen and oxygen atoms in total. The van der Waals surface area contributed by atoms with Gasteiger partial charge in [0.25, 0.3) is 0 Å². The van der Waals surface area contributed by atoms with E-state index in [1.54, 1.807) is 0 Å². The van der Waals surface area contributed by atoms with Crippen LogP contribution in [0.15, 0.2) is 35.5 Å². The van der Waals surface area contributed by atoms with Gasteiger partial charge in [-0.3, -0.25) is 4.79 Å². The smallest absolute Gasteiger partial charge is 0.233 e. The molecule has 124 valence electrons. The van der Waals surface area contributed by atoms with E-state index in [-0.39, 0.29) is 5.91 Å². The number of aromatic nitrogens is 3. The topological polar surface area (TPSA) is 60.3 Å². The summed E-state index contributed by atoms with van der Waals surface area (Å²) in [5.74, 6) is 2.01. The Morgan fingerprint density at radius 2 is 1.91 bits per heavy atom. The van der Waals surface area contributed by atoms with Crippen molar-refractivity contribution >= 4 is 17.7 Å². The molecule has 23 heavy (non-hydrogen) atoms. The normalized spacial score (nSPS) is 10.6. The van der Waals surface area contributed by atoms with E-state index in [0.717, 1.165) is 29.8 Å². The average Bonchev–Trinajstić information content (AvgIpc) is 2.93. The Morgan fingerprint density at radius 3 is 2.57 bits per heavy atom. The van der Waals surface area contributed by atoms with Gasteiger partial charge in [-0.15, -0.1) is 10.2 Å². The van der Waals surface area contributed by atoms with Gasteiger partial charge in [0, 0.05) is 20.1 Å². The van der Waals surface area contributed by atoms with Gasteiger partial charge in [0.15, 0.2) is 11.0 Å². The van der Waals surface area contributed by atoms with Crippen LogP contribution in [0.25, 0.3) is 0 Å². The summed E-state index contributed by atoms with van der Waals surface area (Å²) in [5.41, 5.74) is 0. The van der Waals surface area contributed by atoms with Crippen molar-refractivity contribution in [3.63, 3.8) is 0 Å². The molecule has 0 bridgehead atoms. The third-order valence-electron chi connectivity index (χ3n) is 3.48. The molecule has 0 aliphatic carbocycles. The second kappa shape index (κ2) is 8.57. The highest BCUT2D eigenvalue weighted by Gasteiger charge is 2.14. The van der Waals surface area contributed by atoms with E-state index in [4.69, 9.17) is 4.74 Å². The van der Waals surface area contributed by atoms with Crippen LogP contribution in [0.3, 0.4) is 0 Å². The van der Waals surface area contributed by atoms with Crippen LogP contribution < -0.4 is 4.74 Å². The number of rotatable bonds is 8. The molecule has 0 atom stereocenters. The highest BCUT2D eigenvalue weighted by molar-refractivity contribution is 7.99. The van der Waals surface area contributed by atoms with Crippen molar-refractivity contribution in [1.29, 1.82) is 0 Å². The van der Waals surface area contributed by atoms with Gasteiger partial charge in [-0.1, -0.05) is 30.0 Å². The molecule has 2 aromatic rings. The molecule has 0 radical (unpaired) electrons. The Hall–Kier alpha value is -2.02. The molecular formula is C16H22N4O2S. The summed E-state index contributed by atoms with van der Waals surface area (Å²) in [6.45, 7) is 5.76. The lowest BCUT2D eigenvalue weighted by atomic mass is 10.3. The number of carbonyl (C=O) groups is 1. The first-order valence-corrected chi connectivity index (χ1v) is 8.61. The van der Waals surface area contributed by atoms with E-state index in [2.05, 4.69) is 10.2 Å². The van der Waals surface area contributed by atoms with Crippen LogP contribution in [0.1, 0.15) is 19.7 Å². The monoisotopic (exact) mass is 334 g/mol. The van der Waals surface area contributed by atoms with Crippen molar-refractivity contribution in [1.82, 2.24) is 19.7 Å². The summed E-state index contributed by atoms with van der Waals surface area (Å²) >= 11 is 1.40. The van der Waals surface area contributed by atoms with Crippen molar-refractivity contribution in [2.75, 3.05) is 18.8 Å². The van der Waals surface area contributed by atoms with Crippen molar-refractivity contribution in [2.45, 2.75) is 25.6 Å². The number of thioether (sulfide) groups is 1. The molecule has 1 amide bonds. The second-order valence-corrected chi connectivity index (χ2v) is 5.86. The Bertz CT molecular complexity index is 626. The number of nitrogens with zero attached hydrogens (tertiary/aromatic N) is 4. The highest BCUT2D eigenvalue weighted by Crippen LogP contribution is 2.17. The molecule has 1 heterocycles. The van der Waals surface area contributed by atoms with Gasteiger partial charge in [-0.05, 0) is 26.0 Å². The first-order valence-electron chi connectivity index (χ1n) is 7.62. The summed E-state index contributed by atoms with van der Waals surface area (Å²) in [7, 11) is 1.88. The lowest BCUT2D eigenvalue weighted by Gasteiger charge is -2.17. The van der Waals surface area contributed by atoms with Gasteiger partial charge in [-0.2, -0.15) is 0 Å². The van der Waals surface area contributed by atoms with Crippen LogP contribution in [-0.4, -0.2) is 44.4 Å². The molecule has 0 aliphatic heterocycles. The molecule has 0 spiro atoms. The number of amides is 1. The molecule has 0 saturated carbocycles. The first-order chi connectivity index (χ1) is 11.2. The maximum Gasteiger partial charge on any atom is 0.233 e. The van der Waals surface area contributed by atoms with Gasteiger partial charge in [0.2, 0.25) is 5.91 Å². The zero-order valence-corrected chi connectivity index (χ0v) is 14.5. The molecule has 0 N–H and O–H groups in total. The third kappa shape index (κ3) is 4.72. The van der Waals surface area contributed by atoms with Gasteiger partial charge >= 0.3 is 0 Å². The van der Waals surface area contributed by atoms with Crippen molar-refractivity contribution in [2.24, 2.45) is 7.05 Å². The Balaban J connectivity index is 1.90. The fourth-order valence-corrected chi connectivity index (χ4v) is 2.89. The minimum absolute atomic E-state index is 0.116. The van der Waals surface area contributed by atoms with Gasteiger partial charge in [-0.25, -0.2) is 0 Å². The summed E-state index contributed by atoms with van der Waals surface area (Å²) in [5, 5.41) is 8.99. The number of ether oxygens (including phenoxy) is 1. The lowest BCUT2D eigenvalue weighted by molar-refractivity contribution is -0.127. The lowest BCUT2D eigenvalue weighted by Crippen LogP contribution is -2.31. The van der Waals surface area contributed by atoms with E-state index in [1.807, 2.05) is 60.7 Å². The maximum atomic E-state index is 12.0. The SMILES string of the molecule is CCN(CC)C(=O)CSc1nnc(COc2ccccc2)n1C. The van der Waals surface area contributed by atoms with Gasteiger partial charge < -0.3 is 14.2 Å². The predicted octanol–water partition coefficient (Wildman–Crippen LogP) is 2.35.